The molecule has 0 saturated heterocycles. The quantitative estimate of drug-likeness (QED) is 0.737. The highest BCUT2D eigenvalue weighted by Gasteiger charge is 2.27. The Morgan fingerprint density at radius 2 is 1.89 bits per heavy atom. The zero-order valence-electron chi connectivity index (χ0n) is 17.6. The van der Waals surface area contributed by atoms with Crippen LogP contribution in [0.2, 0.25) is 0 Å². The maximum Gasteiger partial charge on any atom is 0.408 e. The van der Waals surface area contributed by atoms with Crippen LogP contribution in [0.4, 0.5) is 4.79 Å². The molecule has 2 aromatic rings. The van der Waals surface area contributed by atoms with Crippen LogP contribution in [-0.4, -0.2) is 60.4 Å². The number of nitrogens with one attached hydrogen (secondary N) is 1. The summed E-state index contributed by atoms with van der Waals surface area (Å²) in [6.45, 7) is 6.21. The monoisotopic (exact) mass is 389 g/mol. The molecule has 1 amide bonds. The van der Waals surface area contributed by atoms with Crippen molar-refractivity contribution in [1.29, 1.82) is 0 Å². The van der Waals surface area contributed by atoms with Gasteiger partial charge in [0.15, 0.2) is 0 Å². The molecule has 0 radical (unpaired) electrons. The van der Waals surface area contributed by atoms with Crippen molar-refractivity contribution in [2.75, 3.05) is 27.2 Å². The maximum atomic E-state index is 12.7. The molecule has 7 heteroatoms. The SMILES string of the molecule is CN(C)CCOC(=O)[C@@H](Cc1cn(C)c2ccccc12)NC(=O)OC(C)(C)C. The van der Waals surface area contributed by atoms with Crippen molar-refractivity contribution < 1.29 is 19.1 Å². The zero-order valence-corrected chi connectivity index (χ0v) is 17.6. The first-order valence-corrected chi connectivity index (χ1v) is 9.40. The number of rotatable bonds is 7. The van der Waals surface area contributed by atoms with E-state index >= 15 is 0 Å². The van der Waals surface area contributed by atoms with Gasteiger partial charge in [0, 0.05) is 37.1 Å². The topological polar surface area (TPSA) is 72.8 Å². The summed E-state index contributed by atoms with van der Waals surface area (Å²) in [4.78, 5) is 26.8. The van der Waals surface area contributed by atoms with E-state index in [2.05, 4.69) is 5.32 Å². The lowest BCUT2D eigenvalue weighted by Crippen LogP contribution is -2.45. The van der Waals surface area contributed by atoms with Gasteiger partial charge in [-0.1, -0.05) is 18.2 Å². The van der Waals surface area contributed by atoms with Crippen molar-refractivity contribution in [3.8, 4) is 0 Å². The Hall–Kier alpha value is -2.54. The Kier molecular flexibility index (Phi) is 7.07. The number of ether oxygens (including phenoxy) is 2. The molecule has 1 aromatic heterocycles. The molecule has 0 unspecified atom stereocenters. The molecule has 28 heavy (non-hydrogen) atoms. The molecule has 0 bridgehead atoms. The van der Waals surface area contributed by atoms with Crippen LogP contribution in [-0.2, 0) is 27.7 Å². The van der Waals surface area contributed by atoms with Gasteiger partial charge < -0.3 is 24.3 Å². The van der Waals surface area contributed by atoms with Gasteiger partial charge in [-0.3, -0.25) is 0 Å². The van der Waals surface area contributed by atoms with Crippen molar-refractivity contribution in [2.45, 2.75) is 38.8 Å². The fourth-order valence-electron chi connectivity index (χ4n) is 2.88. The fraction of sp³-hybridized carbons (Fsp3) is 0.524. The van der Waals surface area contributed by atoms with Crippen molar-refractivity contribution in [3.63, 3.8) is 0 Å². The number of para-hydroxylation sites is 1. The van der Waals surface area contributed by atoms with Crippen LogP contribution in [0, 0.1) is 0 Å². The highest BCUT2D eigenvalue weighted by molar-refractivity contribution is 5.86. The number of benzene rings is 1. The molecule has 0 aliphatic rings. The van der Waals surface area contributed by atoms with E-state index in [-0.39, 0.29) is 6.61 Å². The molecule has 0 fully saturated rings. The van der Waals surface area contributed by atoms with Crippen LogP contribution in [0.1, 0.15) is 26.3 Å². The molecule has 0 aliphatic heterocycles. The Bertz CT molecular complexity index is 821. The van der Waals surface area contributed by atoms with Crippen LogP contribution < -0.4 is 5.32 Å². The lowest BCUT2D eigenvalue weighted by atomic mass is 10.1. The summed E-state index contributed by atoms with van der Waals surface area (Å²) in [5.41, 5.74) is 1.38. The van der Waals surface area contributed by atoms with E-state index in [4.69, 9.17) is 9.47 Å². The van der Waals surface area contributed by atoms with E-state index in [1.54, 1.807) is 20.8 Å². The maximum absolute atomic E-state index is 12.7. The predicted octanol–water partition coefficient (Wildman–Crippen LogP) is 2.72. The van der Waals surface area contributed by atoms with Crippen molar-refractivity contribution >= 4 is 23.0 Å². The lowest BCUT2D eigenvalue weighted by molar-refractivity contribution is -0.146. The summed E-state index contributed by atoms with van der Waals surface area (Å²) < 4.78 is 12.7. The summed E-state index contributed by atoms with van der Waals surface area (Å²) in [5, 5.41) is 3.72. The minimum Gasteiger partial charge on any atom is -0.463 e. The van der Waals surface area contributed by atoms with Crippen molar-refractivity contribution in [3.05, 3.63) is 36.0 Å². The Balaban J connectivity index is 2.19. The second-order valence-electron chi connectivity index (χ2n) is 8.16. The van der Waals surface area contributed by atoms with Crippen LogP contribution in [0.15, 0.2) is 30.5 Å². The molecule has 1 heterocycles. The smallest absolute Gasteiger partial charge is 0.408 e. The molecule has 0 saturated carbocycles. The molecule has 0 spiro atoms. The molecule has 1 atom stereocenters. The number of aryl methyl sites for hydroxylation is 1. The molecule has 2 rings (SSSR count). The standard InChI is InChI=1S/C21H31N3O4/c1-21(2,3)28-20(26)22-17(19(25)27-12-11-23(4)5)13-15-14-24(6)18-10-8-7-9-16(15)18/h7-10,14,17H,11-13H2,1-6H3,(H,22,26)/t17-/m1/s1. The first-order chi connectivity index (χ1) is 13.1. The van der Waals surface area contributed by atoms with E-state index in [9.17, 15) is 9.59 Å². The van der Waals surface area contributed by atoms with Gasteiger partial charge in [-0.15, -0.1) is 0 Å². The normalized spacial score (nSPS) is 12.8. The van der Waals surface area contributed by atoms with Crippen molar-refractivity contribution in [2.24, 2.45) is 7.05 Å². The number of carbonyl (C=O) groups excluding carboxylic acids is 2. The summed E-state index contributed by atoms with van der Waals surface area (Å²) in [6.07, 6.45) is 1.66. The number of esters is 1. The number of amides is 1. The molecule has 1 aromatic carbocycles. The van der Waals surface area contributed by atoms with Gasteiger partial charge in [0.05, 0.1) is 0 Å². The number of hydrogen-bond donors (Lipinski definition) is 1. The van der Waals surface area contributed by atoms with Crippen LogP contribution >= 0.6 is 0 Å². The highest BCUT2D eigenvalue weighted by atomic mass is 16.6. The van der Waals surface area contributed by atoms with E-state index in [0.29, 0.717) is 13.0 Å². The van der Waals surface area contributed by atoms with E-state index in [1.807, 2.05) is 61.1 Å². The Morgan fingerprint density at radius 3 is 2.54 bits per heavy atom. The summed E-state index contributed by atoms with van der Waals surface area (Å²) in [5.74, 6) is -0.472. The average molecular weight is 389 g/mol. The number of aromatic nitrogens is 1. The number of nitrogens with zero attached hydrogens (tertiary/aromatic N) is 2. The van der Waals surface area contributed by atoms with E-state index in [0.717, 1.165) is 16.5 Å². The third-order valence-electron chi connectivity index (χ3n) is 4.16. The molecular formula is C21H31N3O4. The fourth-order valence-corrected chi connectivity index (χ4v) is 2.88. The number of hydrogen-bond acceptors (Lipinski definition) is 5. The second-order valence-corrected chi connectivity index (χ2v) is 8.16. The predicted molar refractivity (Wildman–Crippen MR) is 109 cm³/mol. The minimum atomic E-state index is -0.831. The van der Waals surface area contributed by atoms with Crippen molar-refractivity contribution in [1.82, 2.24) is 14.8 Å². The number of fused-ring (bicyclic) bond motifs is 1. The van der Waals surface area contributed by atoms with E-state index in [1.165, 1.54) is 0 Å². The van der Waals surface area contributed by atoms with Gasteiger partial charge in [0.25, 0.3) is 0 Å². The number of carbonyl (C=O) groups is 2. The molecule has 7 nitrogen and oxygen atoms in total. The summed E-state index contributed by atoms with van der Waals surface area (Å²) >= 11 is 0. The molecule has 1 N–H and O–H groups in total. The largest absolute Gasteiger partial charge is 0.463 e. The molecule has 0 aliphatic carbocycles. The van der Waals surface area contributed by atoms with Gasteiger partial charge in [-0.05, 0) is 46.5 Å². The van der Waals surface area contributed by atoms with E-state index < -0.39 is 23.7 Å². The summed E-state index contributed by atoms with van der Waals surface area (Å²) in [6, 6.07) is 7.12. The van der Waals surface area contributed by atoms with Crippen LogP contribution in [0.25, 0.3) is 10.9 Å². The Morgan fingerprint density at radius 1 is 1.21 bits per heavy atom. The average Bonchev–Trinajstić information content (AvgIpc) is 2.88. The minimum absolute atomic E-state index is 0.258. The van der Waals surface area contributed by atoms with Gasteiger partial charge in [0.2, 0.25) is 0 Å². The third-order valence-corrected chi connectivity index (χ3v) is 4.16. The van der Waals surface area contributed by atoms with Crippen LogP contribution in [0.3, 0.4) is 0 Å². The van der Waals surface area contributed by atoms with Crippen LogP contribution in [0.5, 0.6) is 0 Å². The van der Waals surface area contributed by atoms with Gasteiger partial charge >= 0.3 is 12.1 Å². The van der Waals surface area contributed by atoms with Gasteiger partial charge in [-0.25, -0.2) is 9.59 Å². The Labute approximate surface area is 166 Å². The lowest BCUT2D eigenvalue weighted by Gasteiger charge is -2.23. The third kappa shape index (κ3) is 6.27. The first-order valence-electron chi connectivity index (χ1n) is 9.40. The summed E-state index contributed by atoms with van der Waals surface area (Å²) in [7, 11) is 5.76. The van der Waals surface area contributed by atoms with Gasteiger partial charge in [0.1, 0.15) is 18.2 Å². The second kappa shape index (κ2) is 9.10. The molecule has 154 valence electrons. The highest BCUT2D eigenvalue weighted by Crippen LogP contribution is 2.22. The number of likely N-dealkylation sites (N-methyl/N-ethyl adjacent to an activating group) is 1. The zero-order chi connectivity index (χ0) is 20.9. The molecular weight excluding hydrogens is 358 g/mol. The van der Waals surface area contributed by atoms with Gasteiger partial charge in [-0.2, -0.15) is 0 Å². The number of alkyl carbamates (subject to hydrolysis) is 1. The first kappa shape index (κ1) is 21.8.